The zero-order valence-electron chi connectivity index (χ0n) is 18.9. The number of aromatic nitrogens is 1. The fourth-order valence-corrected chi connectivity index (χ4v) is 4.27. The van der Waals surface area contributed by atoms with Gasteiger partial charge in [0.05, 0.1) is 11.6 Å². The lowest BCUT2D eigenvalue weighted by Crippen LogP contribution is -2.37. The molecule has 3 aromatic rings. The summed E-state index contributed by atoms with van der Waals surface area (Å²) in [5.74, 6) is 0.0906. The van der Waals surface area contributed by atoms with Crippen LogP contribution in [-0.4, -0.2) is 41.5 Å². The van der Waals surface area contributed by atoms with Gasteiger partial charge in [-0.05, 0) is 43.4 Å². The molecule has 2 aromatic carbocycles. The van der Waals surface area contributed by atoms with Crippen molar-refractivity contribution in [2.75, 3.05) is 19.6 Å². The van der Waals surface area contributed by atoms with E-state index in [1.54, 1.807) is 11.8 Å². The summed E-state index contributed by atoms with van der Waals surface area (Å²) in [6.07, 6.45) is 1.20. The highest BCUT2D eigenvalue weighted by Crippen LogP contribution is 2.23. The molecule has 0 aliphatic carbocycles. The molecule has 166 valence electrons. The molecule has 1 saturated heterocycles. The Balaban J connectivity index is 1.50. The van der Waals surface area contributed by atoms with Crippen LogP contribution in [0, 0.1) is 19.8 Å². The van der Waals surface area contributed by atoms with Crippen LogP contribution in [-0.2, 0) is 17.6 Å². The Morgan fingerprint density at radius 3 is 2.66 bits per heavy atom. The lowest BCUT2D eigenvalue weighted by atomic mass is 9.95. The quantitative estimate of drug-likeness (QED) is 0.664. The number of nitrogens with zero attached hydrogens (tertiary/aromatic N) is 2. The number of carbonyl (C=O) groups excluding carboxylic acids is 2. The molecule has 1 atom stereocenters. The summed E-state index contributed by atoms with van der Waals surface area (Å²) >= 11 is 0. The van der Waals surface area contributed by atoms with Gasteiger partial charge in [-0.15, -0.1) is 0 Å². The SMILES string of the molecule is CCc1noc(C)c1C(=O)N1CCNC(=O)[C@@H](Cc2ccc(-c3cccc(C)c3)cc2)C1. The summed E-state index contributed by atoms with van der Waals surface area (Å²) in [6, 6.07) is 16.7. The van der Waals surface area contributed by atoms with Gasteiger partial charge in [0.2, 0.25) is 5.91 Å². The molecule has 4 rings (SSSR count). The molecular weight excluding hydrogens is 402 g/mol. The zero-order valence-corrected chi connectivity index (χ0v) is 18.9. The van der Waals surface area contributed by atoms with E-state index in [1.165, 1.54) is 11.1 Å². The van der Waals surface area contributed by atoms with Crippen molar-refractivity contribution in [3.05, 3.63) is 76.7 Å². The smallest absolute Gasteiger partial charge is 0.259 e. The first-order chi connectivity index (χ1) is 15.5. The van der Waals surface area contributed by atoms with E-state index in [-0.39, 0.29) is 17.7 Å². The van der Waals surface area contributed by atoms with Gasteiger partial charge in [0.1, 0.15) is 11.3 Å². The molecule has 2 heterocycles. The van der Waals surface area contributed by atoms with Crippen molar-refractivity contribution < 1.29 is 14.1 Å². The fourth-order valence-electron chi connectivity index (χ4n) is 4.27. The Morgan fingerprint density at radius 1 is 1.16 bits per heavy atom. The maximum Gasteiger partial charge on any atom is 0.259 e. The molecule has 1 aliphatic heterocycles. The molecule has 32 heavy (non-hydrogen) atoms. The summed E-state index contributed by atoms with van der Waals surface area (Å²) < 4.78 is 5.25. The number of hydrogen-bond donors (Lipinski definition) is 1. The molecule has 0 spiro atoms. The van der Waals surface area contributed by atoms with Gasteiger partial charge in [-0.25, -0.2) is 0 Å². The Bertz CT molecular complexity index is 1120. The molecule has 0 saturated carbocycles. The van der Waals surface area contributed by atoms with Crippen LogP contribution in [0.5, 0.6) is 0 Å². The van der Waals surface area contributed by atoms with Crippen molar-refractivity contribution in [2.45, 2.75) is 33.6 Å². The van der Waals surface area contributed by atoms with E-state index >= 15 is 0 Å². The van der Waals surface area contributed by atoms with Gasteiger partial charge < -0.3 is 14.7 Å². The number of amides is 2. The van der Waals surface area contributed by atoms with Gasteiger partial charge in [-0.2, -0.15) is 0 Å². The maximum atomic E-state index is 13.2. The molecule has 0 radical (unpaired) electrons. The van der Waals surface area contributed by atoms with E-state index in [4.69, 9.17) is 4.52 Å². The van der Waals surface area contributed by atoms with E-state index < -0.39 is 0 Å². The van der Waals surface area contributed by atoms with Crippen LogP contribution in [0.4, 0.5) is 0 Å². The van der Waals surface area contributed by atoms with Crippen molar-refractivity contribution in [2.24, 2.45) is 5.92 Å². The van der Waals surface area contributed by atoms with Crippen LogP contribution in [0.3, 0.4) is 0 Å². The van der Waals surface area contributed by atoms with Crippen LogP contribution in [0.25, 0.3) is 11.1 Å². The lowest BCUT2D eigenvalue weighted by Gasteiger charge is -2.23. The fraction of sp³-hybridized carbons (Fsp3) is 0.346. The minimum atomic E-state index is -0.309. The van der Waals surface area contributed by atoms with Crippen molar-refractivity contribution >= 4 is 11.8 Å². The summed E-state index contributed by atoms with van der Waals surface area (Å²) in [4.78, 5) is 27.7. The Morgan fingerprint density at radius 2 is 1.94 bits per heavy atom. The van der Waals surface area contributed by atoms with Crippen LogP contribution < -0.4 is 5.32 Å². The molecule has 1 N–H and O–H groups in total. The van der Waals surface area contributed by atoms with Gasteiger partial charge in [0.25, 0.3) is 5.91 Å². The highest BCUT2D eigenvalue weighted by atomic mass is 16.5. The van der Waals surface area contributed by atoms with E-state index in [1.807, 2.05) is 6.92 Å². The van der Waals surface area contributed by atoms with Crippen LogP contribution in [0.2, 0.25) is 0 Å². The molecule has 2 amide bonds. The van der Waals surface area contributed by atoms with Gasteiger partial charge in [-0.3, -0.25) is 9.59 Å². The third kappa shape index (κ3) is 4.59. The predicted molar refractivity (Wildman–Crippen MR) is 123 cm³/mol. The average Bonchev–Trinajstić information content (AvgIpc) is 3.07. The van der Waals surface area contributed by atoms with Crippen LogP contribution in [0.1, 0.15) is 39.9 Å². The minimum absolute atomic E-state index is 0.0131. The first-order valence-corrected chi connectivity index (χ1v) is 11.1. The third-order valence-corrected chi connectivity index (χ3v) is 6.05. The number of rotatable bonds is 5. The predicted octanol–water partition coefficient (Wildman–Crippen LogP) is 3.95. The number of hydrogen-bond acceptors (Lipinski definition) is 4. The van der Waals surface area contributed by atoms with Crippen molar-refractivity contribution in [1.29, 1.82) is 0 Å². The van der Waals surface area contributed by atoms with Crippen LogP contribution in [0.15, 0.2) is 53.1 Å². The first-order valence-electron chi connectivity index (χ1n) is 11.1. The summed E-state index contributed by atoms with van der Waals surface area (Å²) in [6.45, 7) is 7.08. The first kappa shape index (κ1) is 21.8. The average molecular weight is 432 g/mol. The third-order valence-electron chi connectivity index (χ3n) is 6.05. The lowest BCUT2D eigenvalue weighted by molar-refractivity contribution is -0.124. The van der Waals surface area contributed by atoms with Crippen molar-refractivity contribution in [3.63, 3.8) is 0 Å². The molecule has 6 heteroatoms. The van der Waals surface area contributed by atoms with E-state index in [0.29, 0.717) is 49.5 Å². The second-order valence-corrected chi connectivity index (χ2v) is 8.42. The number of carbonyl (C=O) groups is 2. The Labute approximate surface area is 188 Å². The molecule has 1 aromatic heterocycles. The zero-order chi connectivity index (χ0) is 22.7. The molecular formula is C26H29N3O3. The highest BCUT2D eigenvalue weighted by Gasteiger charge is 2.31. The summed E-state index contributed by atoms with van der Waals surface area (Å²) in [5, 5.41) is 6.97. The molecule has 6 nitrogen and oxygen atoms in total. The normalized spacial score (nSPS) is 16.5. The molecule has 0 bridgehead atoms. The Hall–Kier alpha value is -3.41. The maximum absolute atomic E-state index is 13.2. The molecule has 1 aliphatic rings. The molecule has 0 unspecified atom stereocenters. The van der Waals surface area contributed by atoms with Crippen molar-refractivity contribution in [1.82, 2.24) is 15.4 Å². The number of aryl methyl sites for hydroxylation is 3. The minimum Gasteiger partial charge on any atom is -0.361 e. The summed E-state index contributed by atoms with van der Waals surface area (Å²) in [5.41, 5.74) is 5.82. The molecule has 1 fully saturated rings. The van der Waals surface area contributed by atoms with E-state index in [0.717, 1.165) is 11.1 Å². The van der Waals surface area contributed by atoms with E-state index in [9.17, 15) is 9.59 Å². The summed E-state index contributed by atoms with van der Waals surface area (Å²) in [7, 11) is 0. The second-order valence-electron chi connectivity index (χ2n) is 8.42. The van der Waals surface area contributed by atoms with E-state index in [2.05, 4.69) is 65.9 Å². The van der Waals surface area contributed by atoms with Gasteiger partial charge in [0, 0.05) is 19.6 Å². The standard InChI is InChI=1S/C26H29N3O3/c1-4-23-24(18(3)32-28-23)26(31)29-13-12-27-25(30)22(16-29)15-19-8-10-20(11-9-19)21-7-5-6-17(2)14-21/h5-11,14,22H,4,12-13,15-16H2,1-3H3,(H,27,30)/t22-/m0/s1. The van der Waals surface area contributed by atoms with Gasteiger partial charge >= 0.3 is 0 Å². The highest BCUT2D eigenvalue weighted by molar-refractivity contribution is 5.96. The van der Waals surface area contributed by atoms with Crippen LogP contribution >= 0.6 is 0 Å². The number of nitrogens with one attached hydrogen (secondary N) is 1. The van der Waals surface area contributed by atoms with Crippen molar-refractivity contribution in [3.8, 4) is 11.1 Å². The monoisotopic (exact) mass is 431 g/mol. The number of benzene rings is 2. The Kier molecular flexibility index (Phi) is 6.40. The largest absolute Gasteiger partial charge is 0.361 e. The van der Waals surface area contributed by atoms with Gasteiger partial charge in [-0.1, -0.05) is 66.2 Å². The van der Waals surface area contributed by atoms with Gasteiger partial charge in [0.15, 0.2) is 0 Å². The second kappa shape index (κ2) is 9.39. The topological polar surface area (TPSA) is 75.4 Å².